The summed E-state index contributed by atoms with van der Waals surface area (Å²) in [6.07, 6.45) is 3.69. The number of hydrogen-bond donors (Lipinski definition) is 1. The van der Waals surface area contributed by atoms with Gasteiger partial charge in [-0.3, -0.25) is 0 Å². The van der Waals surface area contributed by atoms with Crippen LogP contribution in [0.2, 0.25) is 0 Å². The van der Waals surface area contributed by atoms with Crippen LogP contribution < -0.4 is 5.32 Å². The van der Waals surface area contributed by atoms with E-state index in [1.165, 1.54) is 25.1 Å². The molecule has 1 aliphatic heterocycles. The van der Waals surface area contributed by atoms with Crippen molar-refractivity contribution in [1.82, 2.24) is 10.3 Å². The van der Waals surface area contributed by atoms with Gasteiger partial charge in [0, 0.05) is 17.3 Å². The fraction of sp³-hybridized carbons (Fsp3) is 0.727. The Hall–Kier alpha value is -0.410. The minimum atomic E-state index is 0.314. The van der Waals surface area contributed by atoms with Crippen molar-refractivity contribution in [2.24, 2.45) is 5.92 Å². The van der Waals surface area contributed by atoms with Gasteiger partial charge in [0.2, 0.25) is 0 Å². The van der Waals surface area contributed by atoms with Crippen molar-refractivity contribution in [2.45, 2.75) is 38.6 Å². The molecule has 0 aromatic carbocycles. The van der Waals surface area contributed by atoms with E-state index in [1.54, 1.807) is 11.3 Å². The van der Waals surface area contributed by atoms with Gasteiger partial charge in [0.15, 0.2) is 0 Å². The molecule has 1 fully saturated rings. The lowest BCUT2D eigenvalue weighted by Crippen LogP contribution is -2.46. The minimum Gasteiger partial charge on any atom is -0.311 e. The molecule has 0 amide bonds. The highest BCUT2D eigenvalue weighted by Crippen LogP contribution is 2.31. The molecular formula is C11H18N2S. The molecule has 1 atom stereocenters. The van der Waals surface area contributed by atoms with E-state index in [9.17, 15) is 0 Å². The Labute approximate surface area is 89.8 Å². The first-order valence-electron chi connectivity index (χ1n) is 5.35. The van der Waals surface area contributed by atoms with Crippen LogP contribution in [-0.2, 0) is 6.42 Å². The van der Waals surface area contributed by atoms with Crippen LogP contribution in [0, 0.1) is 5.92 Å². The number of nitrogens with zero attached hydrogens (tertiary/aromatic N) is 1. The number of hydrogen-bond acceptors (Lipinski definition) is 3. The lowest BCUT2D eigenvalue weighted by Gasteiger charge is -2.33. The zero-order chi connectivity index (χ0) is 10.0. The largest absolute Gasteiger partial charge is 0.311 e. The quantitative estimate of drug-likeness (QED) is 0.829. The highest BCUT2D eigenvalue weighted by Gasteiger charge is 2.36. The molecule has 2 rings (SSSR count). The second-order valence-corrected chi connectivity index (χ2v) is 5.22. The number of thiazole rings is 1. The summed E-state index contributed by atoms with van der Waals surface area (Å²) in [5, 5.41) is 5.84. The van der Waals surface area contributed by atoms with Gasteiger partial charge in [-0.1, -0.05) is 13.8 Å². The fourth-order valence-corrected chi connectivity index (χ4v) is 2.88. The molecule has 0 saturated carbocycles. The Kier molecular flexibility index (Phi) is 2.88. The van der Waals surface area contributed by atoms with Gasteiger partial charge in [0.05, 0.1) is 11.2 Å². The predicted octanol–water partition coefficient (Wildman–Crippen LogP) is 2.46. The number of aromatic nitrogens is 1. The van der Waals surface area contributed by atoms with Crippen LogP contribution >= 0.6 is 11.3 Å². The topological polar surface area (TPSA) is 24.9 Å². The van der Waals surface area contributed by atoms with E-state index in [0.717, 1.165) is 6.42 Å². The van der Waals surface area contributed by atoms with Gasteiger partial charge in [0.1, 0.15) is 0 Å². The average molecular weight is 210 g/mol. The molecule has 0 spiro atoms. The number of rotatable bonds is 3. The highest BCUT2D eigenvalue weighted by molar-refractivity contribution is 7.07. The molecule has 1 unspecified atom stereocenters. The molecular weight excluding hydrogens is 192 g/mol. The third-order valence-electron chi connectivity index (χ3n) is 3.36. The Morgan fingerprint density at radius 3 is 3.00 bits per heavy atom. The lowest BCUT2D eigenvalue weighted by molar-refractivity contribution is 0.267. The molecule has 2 nitrogen and oxygen atoms in total. The van der Waals surface area contributed by atoms with Crippen LogP contribution in [0.5, 0.6) is 0 Å². The summed E-state index contributed by atoms with van der Waals surface area (Å²) in [5.41, 5.74) is 3.49. The molecule has 1 aliphatic rings. The van der Waals surface area contributed by atoms with Crippen LogP contribution in [0.4, 0.5) is 0 Å². The summed E-state index contributed by atoms with van der Waals surface area (Å²) in [6, 6.07) is 0. The zero-order valence-corrected chi connectivity index (χ0v) is 9.73. The van der Waals surface area contributed by atoms with E-state index < -0.39 is 0 Å². The van der Waals surface area contributed by atoms with Crippen molar-refractivity contribution in [3.8, 4) is 0 Å². The Morgan fingerprint density at radius 1 is 1.64 bits per heavy atom. The Balaban J connectivity index is 2.12. The second-order valence-electron chi connectivity index (χ2n) is 4.50. The smallest absolute Gasteiger partial charge is 0.0794 e. The van der Waals surface area contributed by atoms with Crippen molar-refractivity contribution in [2.75, 3.05) is 6.54 Å². The molecule has 1 N–H and O–H groups in total. The van der Waals surface area contributed by atoms with Crippen molar-refractivity contribution in [3.63, 3.8) is 0 Å². The molecule has 0 radical (unpaired) electrons. The third kappa shape index (κ3) is 1.84. The first-order chi connectivity index (χ1) is 6.73. The molecule has 3 heteroatoms. The Bertz CT molecular complexity index is 273. The SMILES string of the molecule is CC(C)C1(Cc2cscn2)CCCN1. The highest BCUT2D eigenvalue weighted by atomic mass is 32.1. The molecule has 78 valence electrons. The van der Waals surface area contributed by atoms with Crippen LogP contribution in [0.25, 0.3) is 0 Å². The van der Waals surface area contributed by atoms with E-state index in [-0.39, 0.29) is 0 Å². The maximum atomic E-state index is 4.39. The van der Waals surface area contributed by atoms with Crippen LogP contribution in [0.15, 0.2) is 10.9 Å². The van der Waals surface area contributed by atoms with Crippen molar-refractivity contribution in [1.29, 1.82) is 0 Å². The van der Waals surface area contributed by atoms with Crippen molar-refractivity contribution in [3.05, 3.63) is 16.6 Å². The second kappa shape index (κ2) is 3.99. The van der Waals surface area contributed by atoms with Gasteiger partial charge in [-0.15, -0.1) is 11.3 Å². The van der Waals surface area contributed by atoms with Gasteiger partial charge in [-0.25, -0.2) is 4.98 Å². The molecule has 1 aromatic heterocycles. The normalized spacial score (nSPS) is 27.4. The maximum Gasteiger partial charge on any atom is 0.0794 e. The summed E-state index contributed by atoms with van der Waals surface area (Å²) in [6.45, 7) is 5.79. The summed E-state index contributed by atoms with van der Waals surface area (Å²) >= 11 is 1.69. The van der Waals surface area contributed by atoms with Gasteiger partial charge in [-0.2, -0.15) is 0 Å². The molecule has 1 saturated heterocycles. The van der Waals surface area contributed by atoms with Crippen LogP contribution in [0.1, 0.15) is 32.4 Å². The van der Waals surface area contributed by atoms with Crippen molar-refractivity contribution < 1.29 is 0 Å². The van der Waals surface area contributed by atoms with Gasteiger partial charge in [-0.05, 0) is 25.3 Å². The molecule has 14 heavy (non-hydrogen) atoms. The zero-order valence-electron chi connectivity index (χ0n) is 8.92. The molecule has 1 aromatic rings. The fourth-order valence-electron chi connectivity index (χ4n) is 2.33. The third-order valence-corrected chi connectivity index (χ3v) is 4.00. The van der Waals surface area contributed by atoms with Crippen LogP contribution in [0.3, 0.4) is 0 Å². The van der Waals surface area contributed by atoms with E-state index in [1.807, 2.05) is 5.51 Å². The van der Waals surface area contributed by atoms with E-state index in [4.69, 9.17) is 0 Å². The minimum absolute atomic E-state index is 0.314. The average Bonchev–Trinajstić information content (AvgIpc) is 2.76. The standard InChI is InChI=1S/C11H18N2S/c1-9(2)11(4-3-5-13-11)6-10-7-14-8-12-10/h7-9,13H,3-6H2,1-2H3. The monoisotopic (exact) mass is 210 g/mol. The Morgan fingerprint density at radius 2 is 2.50 bits per heavy atom. The lowest BCUT2D eigenvalue weighted by atomic mass is 9.81. The summed E-state index contributed by atoms with van der Waals surface area (Å²) < 4.78 is 0. The summed E-state index contributed by atoms with van der Waals surface area (Å²) in [4.78, 5) is 4.39. The van der Waals surface area contributed by atoms with Gasteiger partial charge < -0.3 is 5.32 Å². The van der Waals surface area contributed by atoms with Gasteiger partial charge >= 0.3 is 0 Å². The van der Waals surface area contributed by atoms with Crippen LogP contribution in [-0.4, -0.2) is 17.1 Å². The van der Waals surface area contributed by atoms with Crippen molar-refractivity contribution >= 4 is 11.3 Å². The number of nitrogens with one attached hydrogen (secondary N) is 1. The summed E-state index contributed by atoms with van der Waals surface area (Å²) in [7, 11) is 0. The first kappa shape index (κ1) is 10.1. The predicted molar refractivity (Wildman–Crippen MR) is 60.6 cm³/mol. The van der Waals surface area contributed by atoms with Gasteiger partial charge in [0.25, 0.3) is 0 Å². The maximum absolute atomic E-state index is 4.39. The molecule has 0 aliphatic carbocycles. The van der Waals surface area contributed by atoms with E-state index in [0.29, 0.717) is 11.5 Å². The van der Waals surface area contributed by atoms with E-state index in [2.05, 4.69) is 29.5 Å². The summed E-state index contributed by atoms with van der Waals surface area (Å²) in [5.74, 6) is 0.687. The van der Waals surface area contributed by atoms with E-state index >= 15 is 0 Å². The molecule has 0 bridgehead atoms. The molecule has 2 heterocycles. The first-order valence-corrected chi connectivity index (χ1v) is 6.29.